The van der Waals surface area contributed by atoms with Gasteiger partial charge in [-0.25, -0.2) is 0 Å². The fourth-order valence-corrected chi connectivity index (χ4v) is 1.45. The van der Waals surface area contributed by atoms with Gasteiger partial charge in [0, 0.05) is 19.2 Å². The van der Waals surface area contributed by atoms with Crippen molar-refractivity contribution < 1.29 is 4.79 Å². The Labute approximate surface area is 85.5 Å². The van der Waals surface area contributed by atoms with Crippen molar-refractivity contribution in [2.75, 3.05) is 11.9 Å². The minimum Gasteiger partial charge on any atom is -0.315 e. The van der Waals surface area contributed by atoms with E-state index in [1.807, 2.05) is 40.0 Å². The van der Waals surface area contributed by atoms with E-state index in [9.17, 15) is 4.79 Å². The number of hydrogen-bond acceptors (Lipinski definition) is 1. The SMILES string of the molecule is CCC(=O)N(C)c1cc(C)ccc1C. The minimum absolute atomic E-state index is 0.152. The van der Waals surface area contributed by atoms with Gasteiger partial charge < -0.3 is 4.90 Å². The zero-order chi connectivity index (χ0) is 10.7. The summed E-state index contributed by atoms with van der Waals surface area (Å²) in [6.45, 7) is 5.94. The van der Waals surface area contributed by atoms with E-state index in [0.717, 1.165) is 11.3 Å². The zero-order valence-electron chi connectivity index (χ0n) is 9.29. The van der Waals surface area contributed by atoms with Gasteiger partial charge in [0.1, 0.15) is 0 Å². The van der Waals surface area contributed by atoms with Crippen molar-refractivity contribution in [3.8, 4) is 0 Å². The molecule has 0 spiro atoms. The smallest absolute Gasteiger partial charge is 0.226 e. The summed E-state index contributed by atoms with van der Waals surface area (Å²) < 4.78 is 0. The summed E-state index contributed by atoms with van der Waals surface area (Å²) >= 11 is 0. The van der Waals surface area contributed by atoms with Gasteiger partial charge in [-0.1, -0.05) is 19.1 Å². The lowest BCUT2D eigenvalue weighted by atomic mass is 10.1. The summed E-state index contributed by atoms with van der Waals surface area (Å²) in [6.07, 6.45) is 0.546. The van der Waals surface area contributed by atoms with Crippen LogP contribution >= 0.6 is 0 Å². The van der Waals surface area contributed by atoms with E-state index in [-0.39, 0.29) is 5.91 Å². The molecule has 14 heavy (non-hydrogen) atoms. The molecule has 2 nitrogen and oxygen atoms in total. The van der Waals surface area contributed by atoms with Gasteiger partial charge in [0.25, 0.3) is 0 Å². The van der Waals surface area contributed by atoms with E-state index >= 15 is 0 Å². The van der Waals surface area contributed by atoms with Crippen LogP contribution in [0, 0.1) is 13.8 Å². The summed E-state index contributed by atoms with van der Waals surface area (Å²) in [4.78, 5) is 13.2. The van der Waals surface area contributed by atoms with E-state index in [4.69, 9.17) is 0 Å². The third kappa shape index (κ3) is 2.13. The van der Waals surface area contributed by atoms with E-state index in [1.54, 1.807) is 4.90 Å². The Balaban J connectivity index is 3.05. The Bertz CT molecular complexity index is 344. The summed E-state index contributed by atoms with van der Waals surface area (Å²) in [5.74, 6) is 0.152. The van der Waals surface area contributed by atoms with Crippen molar-refractivity contribution in [2.24, 2.45) is 0 Å². The predicted octanol–water partition coefficient (Wildman–Crippen LogP) is 2.68. The maximum absolute atomic E-state index is 11.5. The number of carbonyl (C=O) groups excluding carboxylic acids is 1. The summed E-state index contributed by atoms with van der Waals surface area (Å²) in [7, 11) is 1.83. The molecule has 1 rings (SSSR count). The van der Waals surface area contributed by atoms with Crippen LogP contribution in [0.5, 0.6) is 0 Å². The molecule has 2 heteroatoms. The van der Waals surface area contributed by atoms with Gasteiger partial charge in [-0.3, -0.25) is 4.79 Å². The molecular formula is C12H17NO. The highest BCUT2D eigenvalue weighted by Gasteiger charge is 2.10. The Morgan fingerprint density at radius 1 is 1.36 bits per heavy atom. The number of aryl methyl sites for hydroxylation is 2. The van der Waals surface area contributed by atoms with Gasteiger partial charge in [-0.2, -0.15) is 0 Å². The molecule has 0 unspecified atom stereocenters. The number of nitrogens with zero attached hydrogens (tertiary/aromatic N) is 1. The van der Waals surface area contributed by atoms with Gasteiger partial charge in [-0.05, 0) is 31.0 Å². The molecule has 0 fully saturated rings. The van der Waals surface area contributed by atoms with E-state index < -0.39 is 0 Å². The molecule has 1 aromatic rings. The molecule has 0 radical (unpaired) electrons. The topological polar surface area (TPSA) is 20.3 Å². The van der Waals surface area contributed by atoms with Crippen LogP contribution in [0.25, 0.3) is 0 Å². The second kappa shape index (κ2) is 4.27. The second-order valence-electron chi connectivity index (χ2n) is 3.60. The molecule has 0 N–H and O–H groups in total. The number of carbonyl (C=O) groups is 1. The van der Waals surface area contributed by atoms with Crippen LogP contribution in [0.4, 0.5) is 5.69 Å². The number of rotatable bonds is 2. The van der Waals surface area contributed by atoms with Crippen LogP contribution in [0.3, 0.4) is 0 Å². The summed E-state index contributed by atoms with van der Waals surface area (Å²) in [6, 6.07) is 6.15. The van der Waals surface area contributed by atoms with Crippen molar-refractivity contribution >= 4 is 11.6 Å². The third-order valence-corrected chi connectivity index (χ3v) is 2.40. The molecule has 0 aromatic heterocycles. The van der Waals surface area contributed by atoms with Crippen LogP contribution in [0.2, 0.25) is 0 Å². The molecule has 0 bridgehead atoms. The van der Waals surface area contributed by atoms with E-state index in [2.05, 4.69) is 6.07 Å². The van der Waals surface area contributed by atoms with Gasteiger partial charge in [0.2, 0.25) is 5.91 Å². The number of amides is 1. The maximum Gasteiger partial charge on any atom is 0.226 e. The first-order chi connectivity index (χ1) is 6.56. The monoisotopic (exact) mass is 191 g/mol. The average molecular weight is 191 g/mol. The Morgan fingerprint density at radius 3 is 2.57 bits per heavy atom. The van der Waals surface area contributed by atoms with Crippen LogP contribution in [-0.2, 0) is 4.79 Å². The molecule has 0 saturated heterocycles. The van der Waals surface area contributed by atoms with Gasteiger partial charge in [0.15, 0.2) is 0 Å². The molecule has 0 atom stereocenters. The van der Waals surface area contributed by atoms with Gasteiger partial charge in [0.05, 0.1) is 0 Å². The largest absolute Gasteiger partial charge is 0.315 e. The maximum atomic E-state index is 11.5. The lowest BCUT2D eigenvalue weighted by molar-refractivity contribution is -0.118. The summed E-state index contributed by atoms with van der Waals surface area (Å²) in [5.41, 5.74) is 3.33. The van der Waals surface area contributed by atoms with Crippen molar-refractivity contribution in [1.29, 1.82) is 0 Å². The standard InChI is InChI=1S/C12H17NO/c1-5-12(14)13(4)11-8-9(2)6-7-10(11)3/h6-8H,5H2,1-4H3. The average Bonchev–Trinajstić information content (AvgIpc) is 2.19. The summed E-state index contributed by atoms with van der Waals surface area (Å²) in [5, 5.41) is 0. The quantitative estimate of drug-likeness (QED) is 0.703. The lowest BCUT2D eigenvalue weighted by Crippen LogP contribution is -2.25. The normalized spacial score (nSPS) is 10.0. The Morgan fingerprint density at radius 2 is 2.00 bits per heavy atom. The van der Waals surface area contributed by atoms with Crippen molar-refractivity contribution in [3.63, 3.8) is 0 Å². The molecule has 0 heterocycles. The highest BCUT2D eigenvalue weighted by molar-refractivity contribution is 5.93. The Kier molecular flexibility index (Phi) is 3.28. The molecule has 1 amide bonds. The van der Waals surface area contributed by atoms with Crippen molar-refractivity contribution in [2.45, 2.75) is 27.2 Å². The molecule has 0 saturated carbocycles. The van der Waals surface area contributed by atoms with Crippen LogP contribution in [-0.4, -0.2) is 13.0 Å². The molecule has 0 aliphatic rings. The first kappa shape index (κ1) is 10.8. The van der Waals surface area contributed by atoms with Gasteiger partial charge in [-0.15, -0.1) is 0 Å². The molecule has 1 aromatic carbocycles. The molecular weight excluding hydrogens is 174 g/mol. The molecule has 0 aliphatic heterocycles. The van der Waals surface area contributed by atoms with Crippen LogP contribution < -0.4 is 4.90 Å². The first-order valence-electron chi connectivity index (χ1n) is 4.90. The third-order valence-electron chi connectivity index (χ3n) is 2.40. The minimum atomic E-state index is 0.152. The van der Waals surface area contributed by atoms with E-state index in [0.29, 0.717) is 6.42 Å². The van der Waals surface area contributed by atoms with Gasteiger partial charge >= 0.3 is 0 Å². The van der Waals surface area contributed by atoms with Crippen LogP contribution in [0.1, 0.15) is 24.5 Å². The lowest BCUT2D eigenvalue weighted by Gasteiger charge is -2.19. The van der Waals surface area contributed by atoms with E-state index in [1.165, 1.54) is 5.56 Å². The highest BCUT2D eigenvalue weighted by atomic mass is 16.2. The van der Waals surface area contributed by atoms with Crippen molar-refractivity contribution in [3.05, 3.63) is 29.3 Å². The number of hydrogen-bond donors (Lipinski definition) is 0. The zero-order valence-corrected chi connectivity index (χ0v) is 9.29. The first-order valence-corrected chi connectivity index (χ1v) is 4.90. The highest BCUT2D eigenvalue weighted by Crippen LogP contribution is 2.20. The molecule has 76 valence electrons. The fraction of sp³-hybridized carbons (Fsp3) is 0.417. The molecule has 0 aliphatic carbocycles. The second-order valence-corrected chi connectivity index (χ2v) is 3.60. The van der Waals surface area contributed by atoms with Crippen molar-refractivity contribution in [1.82, 2.24) is 0 Å². The predicted molar refractivity (Wildman–Crippen MR) is 59.6 cm³/mol. The van der Waals surface area contributed by atoms with Crippen LogP contribution in [0.15, 0.2) is 18.2 Å². The number of anilines is 1. The fourth-order valence-electron chi connectivity index (χ4n) is 1.45. The number of benzene rings is 1. The Hall–Kier alpha value is -1.31.